The predicted molar refractivity (Wildman–Crippen MR) is 122 cm³/mol. The highest BCUT2D eigenvalue weighted by Crippen LogP contribution is 2.42. The van der Waals surface area contributed by atoms with E-state index in [2.05, 4.69) is 24.3 Å². The van der Waals surface area contributed by atoms with Gasteiger partial charge in [0.1, 0.15) is 0 Å². The lowest BCUT2D eigenvalue weighted by Gasteiger charge is -2.43. The van der Waals surface area contributed by atoms with Crippen molar-refractivity contribution in [3.63, 3.8) is 0 Å². The Kier molecular flexibility index (Phi) is 5.90. The third-order valence-electron chi connectivity index (χ3n) is 6.78. The van der Waals surface area contributed by atoms with Crippen LogP contribution < -0.4 is 0 Å². The van der Waals surface area contributed by atoms with Gasteiger partial charge in [0.15, 0.2) is 0 Å². The number of aliphatic hydroxyl groups is 1. The Balaban J connectivity index is 1.49. The Bertz CT molecular complexity index is 901. The first-order chi connectivity index (χ1) is 15.0. The molecule has 0 spiro atoms. The lowest BCUT2D eigenvalue weighted by Crippen LogP contribution is -2.57. The molecule has 2 aliphatic carbocycles. The Morgan fingerprint density at radius 2 is 1.10 bits per heavy atom. The molecule has 1 heterocycles. The van der Waals surface area contributed by atoms with Crippen molar-refractivity contribution in [2.45, 2.75) is 81.6 Å². The fourth-order valence-electron chi connectivity index (χ4n) is 5.17. The number of nitrogens with zero attached hydrogens (tertiary/aromatic N) is 2. The molecule has 3 fully saturated rings. The van der Waals surface area contributed by atoms with E-state index >= 15 is 0 Å². The van der Waals surface area contributed by atoms with Gasteiger partial charge >= 0.3 is 0 Å². The molecule has 5 rings (SSSR count). The standard InChI is InChI=1S/C25H32N2O3S/c28-25-17-23(15-19-7-3-1-4-8-19)26(21-11-12-21)31(29,30)27(22-13-14-22)24(18-25)16-20-9-5-2-6-10-20/h1-10,21-25,28H,11-18H2. The maximum atomic E-state index is 14.1. The van der Waals surface area contributed by atoms with Gasteiger partial charge in [-0.3, -0.25) is 0 Å². The van der Waals surface area contributed by atoms with Crippen LogP contribution in [0.25, 0.3) is 0 Å². The van der Waals surface area contributed by atoms with Gasteiger partial charge in [0, 0.05) is 24.2 Å². The molecule has 1 saturated heterocycles. The van der Waals surface area contributed by atoms with Crippen LogP contribution in [0.2, 0.25) is 0 Å². The molecular weight excluding hydrogens is 408 g/mol. The minimum absolute atomic E-state index is 0.0719. The smallest absolute Gasteiger partial charge is 0.283 e. The fourth-order valence-corrected chi connectivity index (χ4v) is 7.64. The number of hydrogen-bond donors (Lipinski definition) is 1. The number of benzene rings is 2. The van der Waals surface area contributed by atoms with E-state index in [1.165, 1.54) is 0 Å². The fraction of sp³-hybridized carbons (Fsp3) is 0.520. The summed E-state index contributed by atoms with van der Waals surface area (Å²) in [6.07, 6.45) is 5.45. The quantitative estimate of drug-likeness (QED) is 0.747. The first-order valence-electron chi connectivity index (χ1n) is 11.6. The van der Waals surface area contributed by atoms with Crippen LogP contribution in [0.1, 0.15) is 49.7 Å². The summed E-state index contributed by atoms with van der Waals surface area (Å²) < 4.78 is 31.8. The normalized spacial score (nSPS) is 29.9. The van der Waals surface area contributed by atoms with Crippen LogP contribution in [-0.4, -0.2) is 52.4 Å². The first-order valence-corrected chi connectivity index (χ1v) is 13.0. The van der Waals surface area contributed by atoms with Gasteiger partial charge in [-0.2, -0.15) is 17.0 Å². The lowest BCUT2D eigenvalue weighted by atomic mass is 9.94. The summed E-state index contributed by atoms with van der Waals surface area (Å²) in [5, 5.41) is 11.1. The SMILES string of the molecule is O=S1(=O)N(C2CC2)C(Cc2ccccc2)CC(O)CC(Cc2ccccc2)N1C1CC1. The summed E-state index contributed by atoms with van der Waals surface area (Å²) in [6, 6.07) is 19.9. The van der Waals surface area contributed by atoms with Crippen molar-refractivity contribution in [1.82, 2.24) is 8.61 Å². The van der Waals surface area contributed by atoms with E-state index in [1.54, 1.807) is 8.61 Å². The van der Waals surface area contributed by atoms with Crippen molar-refractivity contribution in [1.29, 1.82) is 0 Å². The second-order valence-corrected chi connectivity index (χ2v) is 11.2. The molecule has 1 N–H and O–H groups in total. The van der Waals surface area contributed by atoms with Crippen LogP contribution in [0.3, 0.4) is 0 Å². The van der Waals surface area contributed by atoms with E-state index < -0.39 is 16.3 Å². The average Bonchev–Trinajstić information content (AvgIpc) is 3.64. The molecule has 6 heteroatoms. The third kappa shape index (κ3) is 4.72. The molecule has 166 valence electrons. The minimum Gasteiger partial charge on any atom is -0.393 e. The van der Waals surface area contributed by atoms with Crippen molar-refractivity contribution in [3.05, 3.63) is 71.8 Å². The van der Waals surface area contributed by atoms with Gasteiger partial charge < -0.3 is 5.11 Å². The zero-order valence-electron chi connectivity index (χ0n) is 17.9. The molecule has 1 aliphatic heterocycles. The van der Waals surface area contributed by atoms with Gasteiger partial charge in [-0.15, -0.1) is 0 Å². The van der Waals surface area contributed by atoms with Crippen LogP contribution in [0.4, 0.5) is 0 Å². The van der Waals surface area contributed by atoms with E-state index in [0.29, 0.717) is 25.7 Å². The number of hydrogen-bond acceptors (Lipinski definition) is 3. The van der Waals surface area contributed by atoms with E-state index in [9.17, 15) is 13.5 Å². The highest BCUT2D eigenvalue weighted by molar-refractivity contribution is 7.86. The van der Waals surface area contributed by atoms with Gasteiger partial charge in [0.2, 0.25) is 0 Å². The molecule has 5 nitrogen and oxygen atoms in total. The predicted octanol–water partition coefficient (Wildman–Crippen LogP) is 3.54. The third-order valence-corrected chi connectivity index (χ3v) is 9.04. The highest BCUT2D eigenvalue weighted by Gasteiger charge is 2.52. The van der Waals surface area contributed by atoms with E-state index in [0.717, 1.165) is 36.8 Å². The first kappa shape index (κ1) is 21.1. The minimum atomic E-state index is -3.60. The Morgan fingerprint density at radius 1 is 0.710 bits per heavy atom. The van der Waals surface area contributed by atoms with Gasteiger partial charge in [-0.1, -0.05) is 60.7 Å². The van der Waals surface area contributed by atoms with Gasteiger partial charge in [-0.25, -0.2) is 0 Å². The molecule has 3 aliphatic rings. The summed E-state index contributed by atoms with van der Waals surface area (Å²) in [5.74, 6) is 0. The average molecular weight is 441 g/mol. The topological polar surface area (TPSA) is 60.9 Å². The molecule has 2 aromatic carbocycles. The zero-order chi connectivity index (χ0) is 21.4. The number of aliphatic hydroxyl groups excluding tert-OH is 1. The van der Waals surface area contributed by atoms with E-state index in [1.807, 2.05) is 36.4 Å². The molecule has 2 aromatic rings. The molecule has 0 amide bonds. The monoisotopic (exact) mass is 440 g/mol. The van der Waals surface area contributed by atoms with Crippen molar-refractivity contribution >= 4 is 10.2 Å². The van der Waals surface area contributed by atoms with Crippen LogP contribution in [0, 0.1) is 0 Å². The number of rotatable bonds is 6. The van der Waals surface area contributed by atoms with Gasteiger partial charge in [-0.05, 0) is 62.5 Å². The Morgan fingerprint density at radius 3 is 1.45 bits per heavy atom. The van der Waals surface area contributed by atoms with E-state index in [4.69, 9.17) is 0 Å². The van der Waals surface area contributed by atoms with Crippen molar-refractivity contribution in [2.75, 3.05) is 0 Å². The summed E-state index contributed by atoms with van der Waals surface area (Å²) in [4.78, 5) is 0. The molecule has 0 bridgehead atoms. The van der Waals surface area contributed by atoms with Crippen LogP contribution >= 0.6 is 0 Å². The van der Waals surface area contributed by atoms with Crippen molar-refractivity contribution in [2.24, 2.45) is 0 Å². The van der Waals surface area contributed by atoms with Gasteiger partial charge in [0.25, 0.3) is 10.2 Å². The summed E-state index contributed by atoms with van der Waals surface area (Å²) in [7, 11) is -3.60. The molecule has 0 aromatic heterocycles. The zero-order valence-corrected chi connectivity index (χ0v) is 18.7. The summed E-state index contributed by atoms with van der Waals surface area (Å²) in [6.45, 7) is 0. The van der Waals surface area contributed by atoms with Crippen molar-refractivity contribution in [3.8, 4) is 0 Å². The van der Waals surface area contributed by atoms with Crippen LogP contribution in [0.5, 0.6) is 0 Å². The van der Waals surface area contributed by atoms with Gasteiger partial charge in [0.05, 0.1) is 6.10 Å². The molecule has 31 heavy (non-hydrogen) atoms. The maximum Gasteiger partial charge on any atom is 0.283 e. The Labute approximate surface area is 185 Å². The van der Waals surface area contributed by atoms with E-state index in [-0.39, 0.29) is 24.2 Å². The van der Waals surface area contributed by atoms with Crippen molar-refractivity contribution < 1.29 is 13.5 Å². The molecule has 2 unspecified atom stereocenters. The highest BCUT2D eigenvalue weighted by atomic mass is 32.2. The maximum absolute atomic E-state index is 14.1. The molecule has 2 atom stereocenters. The second-order valence-electron chi connectivity index (χ2n) is 9.44. The molecule has 2 saturated carbocycles. The molecular formula is C25H32N2O3S. The Hall–Kier alpha value is -1.73. The molecule has 0 radical (unpaired) electrons. The van der Waals surface area contributed by atoms with Crippen LogP contribution in [0.15, 0.2) is 60.7 Å². The largest absolute Gasteiger partial charge is 0.393 e. The summed E-state index contributed by atoms with van der Waals surface area (Å²) in [5.41, 5.74) is 2.25. The lowest BCUT2D eigenvalue weighted by molar-refractivity contribution is 0.0789. The van der Waals surface area contributed by atoms with Crippen LogP contribution in [-0.2, 0) is 23.1 Å². The summed E-state index contributed by atoms with van der Waals surface area (Å²) >= 11 is 0. The second kappa shape index (κ2) is 8.66.